The summed E-state index contributed by atoms with van der Waals surface area (Å²) in [6.45, 7) is 5.93. The maximum Gasteiger partial charge on any atom is 0.256 e. The van der Waals surface area contributed by atoms with Gasteiger partial charge in [0.15, 0.2) is 11.9 Å². The van der Waals surface area contributed by atoms with Gasteiger partial charge in [-0.25, -0.2) is 0 Å². The van der Waals surface area contributed by atoms with Crippen LogP contribution in [-0.4, -0.2) is 63.5 Å². The summed E-state index contributed by atoms with van der Waals surface area (Å²) in [5, 5.41) is 4.12. The van der Waals surface area contributed by atoms with Crippen molar-refractivity contribution < 1.29 is 28.6 Å². The van der Waals surface area contributed by atoms with E-state index < -0.39 is 12.4 Å². The molecule has 0 aromatic heterocycles. The van der Waals surface area contributed by atoms with Gasteiger partial charge in [0.05, 0.1) is 12.3 Å². The Morgan fingerprint density at radius 1 is 0.912 bits per heavy atom. The van der Waals surface area contributed by atoms with Gasteiger partial charge in [-0.05, 0) is 37.5 Å². The number of Topliss-reactive ketones (excluding diaryl/α,β-unsaturated/α-hetero) is 1. The first-order chi connectivity index (χ1) is 16.5. The number of hydrogen-bond acceptors (Lipinski definition) is 7. The molecule has 2 aromatic carbocycles. The standard InChI is InChI=1S/C27H33NO6/c1-6-32-25-24(30-4)19(3)33-27(26(25)31-5)34-28-17-22-11-9-20(10-12-22)7-8-21-13-15-23(16-14-21)18(2)29/h7-17,19,24-27H,6H2,1-5H3/b8-7+,28-17?/t19-,24-,25+,26+,27-/m0/s1. The van der Waals surface area contributed by atoms with Gasteiger partial charge in [0, 0.05) is 26.4 Å². The van der Waals surface area contributed by atoms with E-state index in [1.165, 1.54) is 0 Å². The molecule has 7 nitrogen and oxygen atoms in total. The van der Waals surface area contributed by atoms with Crippen LogP contribution in [0.5, 0.6) is 0 Å². The number of benzene rings is 2. The minimum Gasteiger partial charge on any atom is -0.376 e. The third kappa shape index (κ3) is 6.61. The Hall–Kier alpha value is -2.84. The molecule has 0 saturated carbocycles. The maximum atomic E-state index is 11.4. The first-order valence-corrected chi connectivity index (χ1v) is 11.4. The second kappa shape index (κ2) is 12.6. The number of nitrogens with zero attached hydrogens (tertiary/aromatic N) is 1. The molecule has 34 heavy (non-hydrogen) atoms. The molecule has 2 aromatic rings. The van der Waals surface area contributed by atoms with Gasteiger partial charge in [-0.1, -0.05) is 65.8 Å². The lowest BCUT2D eigenvalue weighted by atomic mass is 9.99. The molecule has 182 valence electrons. The molecule has 0 aliphatic carbocycles. The van der Waals surface area contributed by atoms with E-state index in [-0.39, 0.29) is 24.1 Å². The lowest BCUT2D eigenvalue weighted by Crippen LogP contribution is -2.59. The van der Waals surface area contributed by atoms with Gasteiger partial charge in [-0.3, -0.25) is 4.79 Å². The fourth-order valence-electron chi connectivity index (χ4n) is 3.88. The maximum absolute atomic E-state index is 11.4. The van der Waals surface area contributed by atoms with Crippen molar-refractivity contribution in [3.8, 4) is 0 Å². The van der Waals surface area contributed by atoms with E-state index in [0.717, 1.165) is 16.7 Å². The molecule has 5 atom stereocenters. The molecule has 1 aliphatic rings. The van der Waals surface area contributed by atoms with E-state index in [4.69, 9.17) is 23.8 Å². The largest absolute Gasteiger partial charge is 0.376 e. The van der Waals surface area contributed by atoms with E-state index in [2.05, 4.69) is 5.16 Å². The summed E-state index contributed by atoms with van der Waals surface area (Å²) in [6, 6.07) is 15.4. The van der Waals surface area contributed by atoms with E-state index in [9.17, 15) is 4.79 Å². The predicted molar refractivity (Wildman–Crippen MR) is 132 cm³/mol. The van der Waals surface area contributed by atoms with Crippen LogP contribution < -0.4 is 0 Å². The molecule has 0 N–H and O–H groups in total. The van der Waals surface area contributed by atoms with Crippen molar-refractivity contribution in [1.29, 1.82) is 0 Å². The summed E-state index contributed by atoms with van der Waals surface area (Å²) in [6.07, 6.45) is 3.64. The van der Waals surface area contributed by atoms with E-state index in [1.54, 1.807) is 27.4 Å². The van der Waals surface area contributed by atoms with Crippen molar-refractivity contribution >= 4 is 24.1 Å². The van der Waals surface area contributed by atoms with Crippen molar-refractivity contribution in [2.45, 2.75) is 51.5 Å². The quantitative estimate of drug-likeness (QED) is 0.220. The Bertz CT molecular complexity index is 970. The predicted octanol–water partition coefficient (Wildman–Crippen LogP) is 4.59. The molecule has 1 heterocycles. The molecule has 7 heteroatoms. The monoisotopic (exact) mass is 467 g/mol. The van der Waals surface area contributed by atoms with Crippen molar-refractivity contribution in [2.75, 3.05) is 20.8 Å². The lowest BCUT2D eigenvalue weighted by Gasteiger charge is -2.42. The minimum absolute atomic E-state index is 0.0624. The molecule has 0 radical (unpaired) electrons. The first-order valence-electron chi connectivity index (χ1n) is 11.4. The van der Waals surface area contributed by atoms with Gasteiger partial charge in [0.1, 0.15) is 12.2 Å². The Morgan fingerprint density at radius 3 is 2.00 bits per heavy atom. The molecule has 0 amide bonds. The van der Waals surface area contributed by atoms with E-state index in [1.807, 2.05) is 74.5 Å². The normalized spacial score (nSPS) is 25.1. The summed E-state index contributed by atoms with van der Waals surface area (Å²) in [5.74, 6) is 0.0624. The van der Waals surface area contributed by atoms with Gasteiger partial charge < -0.3 is 23.8 Å². The Kier molecular flexibility index (Phi) is 9.53. The van der Waals surface area contributed by atoms with Crippen LogP contribution in [0.15, 0.2) is 53.7 Å². The highest BCUT2D eigenvalue weighted by molar-refractivity contribution is 5.94. The molecule has 0 bridgehead atoms. The second-order valence-corrected chi connectivity index (χ2v) is 8.05. The average Bonchev–Trinajstić information content (AvgIpc) is 2.84. The molecule has 0 spiro atoms. The number of methoxy groups -OCH3 is 2. The third-order valence-electron chi connectivity index (χ3n) is 5.72. The van der Waals surface area contributed by atoms with Gasteiger partial charge in [0.2, 0.25) is 0 Å². The van der Waals surface area contributed by atoms with Crippen molar-refractivity contribution in [3.05, 3.63) is 70.8 Å². The van der Waals surface area contributed by atoms with Crippen LogP contribution in [-0.2, 0) is 23.8 Å². The van der Waals surface area contributed by atoms with Crippen molar-refractivity contribution in [3.63, 3.8) is 0 Å². The highest BCUT2D eigenvalue weighted by Crippen LogP contribution is 2.28. The average molecular weight is 468 g/mol. The number of hydrogen-bond donors (Lipinski definition) is 0. The zero-order valence-electron chi connectivity index (χ0n) is 20.3. The molecule has 1 aliphatic heterocycles. The van der Waals surface area contributed by atoms with Crippen LogP contribution in [0.25, 0.3) is 12.2 Å². The SMILES string of the molecule is CCO[C@@H]1[C@@H](OC)[C@H](C)O[C@@H](ON=Cc2ccc(/C=C/c3ccc(C(C)=O)cc3)cc2)[C@@H]1OC. The van der Waals surface area contributed by atoms with Gasteiger partial charge >= 0.3 is 0 Å². The first kappa shape index (κ1) is 25.8. The smallest absolute Gasteiger partial charge is 0.256 e. The number of carbonyl (C=O) groups is 1. The zero-order valence-corrected chi connectivity index (χ0v) is 20.3. The number of ketones is 1. The molecule has 0 unspecified atom stereocenters. The van der Waals surface area contributed by atoms with Crippen LogP contribution in [0.4, 0.5) is 0 Å². The summed E-state index contributed by atoms with van der Waals surface area (Å²) >= 11 is 0. The molecular formula is C27H33NO6. The summed E-state index contributed by atoms with van der Waals surface area (Å²) in [5.41, 5.74) is 3.67. The second-order valence-electron chi connectivity index (χ2n) is 8.05. The summed E-state index contributed by atoms with van der Waals surface area (Å²) in [7, 11) is 3.22. The summed E-state index contributed by atoms with van der Waals surface area (Å²) < 4.78 is 22.9. The number of carbonyl (C=O) groups excluding carboxylic acids is 1. The molecule has 1 fully saturated rings. The Balaban J connectivity index is 1.59. The van der Waals surface area contributed by atoms with Gasteiger partial charge in [-0.15, -0.1) is 0 Å². The van der Waals surface area contributed by atoms with Crippen LogP contribution >= 0.6 is 0 Å². The van der Waals surface area contributed by atoms with Crippen molar-refractivity contribution in [2.24, 2.45) is 5.16 Å². The van der Waals surface area contributed by atoms with Crippen LogP contribution in [0, 0.1) is 0 Å². The number of rotatable bonds is 10. The minimum atomic E-state index is -0.712. The molecule has 3 rings (SSSR count). The highest BCUT2D eigenvalue weighted by atomic mass is 16.8. The Morgan fingerprint density at radius 2 is 1.47 bits per heavy atom. The van der Waals surface area contributed by atoms with Gasteiger partial charge in [0.25, 0.3) is 6.29 Å². The third-order valence-corrected chi connectivity index (χ3v) is 5.72. The highest BCUT2D eigenvalue weighted by Gasteiger charge is 2.47. The Labute approximate surface area is 201 Å². The fourth-order valence-corrected chi connectivity index (χ4v) is 3.88. The lowest BCUT2D eigenvalue weighted by molar-refractivity contribution is -0.308. The number of ether oxygens (including phenoxy) is 4. The van der Waals surface area contributed by atoms with Crippen LogP contribution in [0.1, 0.15) is 47.8 Å². The van der Waals surface area contributed by atoms with Crippen LogP contribution in [0.2, 0.25) is 0 Å². The van der Waals surface area contributed by atoms with Gasteiger partial charge in [-0.2, -0.15) is 0 Å². The molecule has 1 saturated heterocycles. The molecular weight excluding hydrogens is 434 g/mol. The topological polar surface area (TPSA) is 75.6 Å². The summed E-state index contributed by atoms with van der Waals surface area (Å²) in [4.78, 5) is 17.0. The van der Waals surface area contributed by atoms with E-state index in [0.29, 0.717) is 12.2 Å². The van der Waals surface area contributed by atoms with E-state index >= 15 is 0 Å². The van der Waals surface area contributed by atoms with Crippen molar-refractivity contribution in [1.82, 2.24) is 0 Å². The number of oxime groups is 1. The fraction of sp³-hybridized carbons (Fsp3) is 0.407. The zero-order chi connectivity index (χ0) is 24.5. The van der Waals surface area contributed by atoms with Crippen LogP contribution in [0.3, 0.4) is 0 Å².